The van der Waals surface area contributed by atoms with E-state index in [9.17, 15) is 27.6 Å². The molecule has 0 radical (unpaired) electrons. The Morgan fingerprint density at radius 2 is 1.94 bits per heavy atom. The lowest BCUT2D eigenvalue weighted by molar-refractivity contribution is -0.140. The number of rotatable bonds is 4. The number of nitrogens with two attached hydrogens (primary N) is 2. The number of hydrogen-bond acceptors (Lipinski definition) is 6. The zero-order chi connectivity index (χ0) is 23.9. The Morgan fingerprint density at radius 3 is 2.61 bits per heavy atom. The Bertz CT molecular complexity index is 1450. The maximum absolute atomic E-state index is 14.5. The van der Waals surface area contributed by atoms with Crippen LogP contribution in [0, 0.1) is 17.1 Å². The number of benzene rings is 2. The number of alkyl halides is 3. The molecule has 0 aliphatic rings. The number of carbonyl (C=O) groups is 1. The van der Waals surface area contributed by atoms with Gasteiger partial charge >= 0.3 is 6.18 Å². The van der Waals surface area contributed by atoms with Crippen LogP contribution in [0.3, 0.4) is 0 Å². The van der Waals surface area contributed by atoms with Crippen molar-refractivity contribution in [1.82, 2.24) is 19.7 Å². The molecule has 0 aliphatic heterocycles. The van der Waals surface area contributed by atoms with Gasteiger partial charge in [-0.1, -0.05) is 12.1 Å². The van der Waals surface area contributed by atoms with Crippen LogP contribution in [0.2, 0.25) is 0 Å². The Labute approximate surface area is 183 Å². The SMILES string of the molecule is N#Cc1cc(C(N)=O)cc(-c2nc(N)nc3c2cnn3Cc2cccc(C(F)(F)F)c2F)c1. The van der Waals surface area contributed by atoms with E-state index in [1.54, 1.807) is 0 Å². The quantitative estimate of drug-likeness (QED) is 0.453. The van der Waals surface area contributed by atoms with Crippen LogP contribution in [0.5, 0.6) is 0 Å². The van der Waals surface area contributed by atoms with E-state index in [1.165, 1.54) is 35.1 Å². The van der Waals surface area contributed by atoms with Crippen molar-refractivity contribution in [2.24, 2.45) is 5.73 Å². The van der Waals surface area contributed by atoms with Gasteiger partial charge in [0.25, 0.3) is 0 Å². The molecule has 4 aromatic rings. The summed E-state index contributed by atoms with van der Waals surface area (Å²) < 4.78 is 54.8. The van der Waals surface area contributed by atoms with Gasteiger partial charge in [-0.05, 0) is 24.3 Å². The lowest BCUT2D eigenvalue weighted by Gasteiger charge is -2.12. The van der Waals surface area contributed by atoms with Crippen LogP contribution in [0.4, 0.5) is 23.5 Å². The van der Waals surface area contributed by atoms with Gasteiger partial charge in [0.05, 0.1) is 41.0 Å². The third-order valence-electron chi connectivity index (χ3n) is 4.84. The van der Waals surface area contributed by atoms with Crippen LogP contribution in [0.25, 0.3) is 22.3 Å². The van der Waals surface area contributed by atoms with Crippen molar-refractivity contribution in [2.75, 3.05) is 5.73 Å². The van der Waals surface area contributed by atoms with E-state index >= 15 is 0 Å². The predicted molar refractivity (Wildman–Crippen MR) is 109 cm³/mol. The van der Waals surface area contributed by atoms with Gasteiger partial charge in [0.15, 0.2) is 5.65 Å². The molecule has 8 nitrogen and oxygen atoms in total. The Balaban J connectivity index is 1.85. The molecular weight excluding hydrogens is 442 g/mol. The first-order chi connectivity index (χ1) is 15.6. The van der Waals surface area contributed by atoms with Crippen LogP contribution in [0.15, 0.2) is 42.6 Å². The second kappa shape index (κ2) is 7.86. The molecule has 0 aliphatic carbocycles. The molecule has 12 heteroatoms. The number of nitrogen functional groups attached to an aromatic ring is 1. The smallest absolute Gasteiger partial charge is 0.368 e. The van der Waals surface area contributed by atoms with Crippen molar-refractivity contribution in [3.63, 3.8) is 0 Å². The maximum atomic E-state index is 14.5. The van der Waals surface area contributed by atoms with Gasteiger partial charge in [-0.15, -0.1) is 0 Å². The van der Waals surface area contributed by atoms with Crippen LogP contribution < -0.4 is 11.5 Å². The molecule has 0 atom stereocenters. The Hall–Kier alpha value is -4.53. The van der Waals surface area contributed by atoms with Crippen LogP contribution in [-0.4, -0.2) is 25.7 Å². The average molecular weight is 455 g/mol. The number of nitriles is 1. The van der Waals surface area contributed by atoms with Crippen molar-refractivity contribution < 1.29 is 22.4 Å². The molecule has 166 valence electrons. The molecule has 0 unspecified atom stereocenters. The average Bonchev–Trinajstić information content (AvgIpc) is 3.15. The molecule has 2 aromatic carbocycles. The van der Waals surface area contributed by atoms with E-state index in [2.05, 4.69) is 15.1 Å². The van der Waals surface area contributed by atoms with Crippen molar-refractivity contribution in [2.45, 2.75) is 12.7 Å². The zero-order valence-corrected chi connectivity index (χ0v) is 16.6. The number of halogens is 4. The fraction of sp³-hybridized carbons (Fsp3) is 0.0952. The fourth-order valence-corrected chi connectivity index (χ4v) is 3.36. The summed E-state index contributed by atoms with van der Waals surface area (Å²) in [4.78, 5) is 19.9. The number of nitrogens with zero attached hydrogens (tertiary/aromatic N) is 5. The number of fused-ring (bicyclic) bond motifs is 1. The van der Waals surface area contributed by atoms with E-state index in [4.69, 9.17) is 11.5 Å². The van der Waals surface area contributed by atoms with Gasteiger partial charge in [0.1, 0.15) is 5.82 Å². The first-order valence-electron chi connectivity index (χ1n) is 9.27. The molecular formula is C21H13F4N7O. The summed E-state index contributed by atoms with van der Waals surface area (Å²) in [6.45, 7) is -0.361. The van der Waals surface area contributed by atoms with Gasteiger partial charge < -0.3 is 11.5 Å². The molecule has 1 amide bonds. The predicted octanol–water partition coefficient (Wildman–Crippen LogP) is 3.25. The normalized spacial score (nSPS) is 11.5. The molecule has 0 bridgehead atoms. The molecule has 0 saturated carbocycles. The summed E-state index contributed by atoms with van der Waals surface area (Å²) in [5, 5.41) is 13.7. The third-order valence-corrected chi connectivity index (χ3v) is 4.84. The minimum Gasteiger partial charge on any atom is -0.368 e. The lowest BCUT2D eigenvalue weighted by Crippen LogP contribution is -2.12. The molecule has 33 heavy (non-hydrogen) atoms. The molecule has 4 rings (SSSR count). The highest BCUT2D eigenvalue weighted by Gasteiger charge is 2.34. The summed E-state index contributed by atoms with van der Waals surface area (Å²) in [5.41, 5.74) is 10.4. The third kappa shape index (κ3) is 4.03. The van der Waals surface area contributed by atoms with Gasteiger partial charge in [-0.2, -0.15) is 28.5 Å². The number of carbonyl (C=O) groups excluding carboxylic acids is 1. The number of hydrogen-bond donors (Lipinski definition) is 2. The van der Waals surface area contributed by atoms with E-state index in [0.29, 0.717) is 17.0 Å². The zero-order valence-electron chi connectivity index (χ0n) is 16.6. The van der Waals surface area contributed by atoms with E-state index < -0.39 is 23.5 Å². The van der Waals surface area contributed by atoms with Crippen LogP contribution in [0.1, 0.15) is 27.0 Å². The second-order valence-corrected chi connectivity index (χ2v) is 7.02. The standard InChI is InChI=1S/C21H13F4N7O/c22-16-11(2-1-3-15(16)21(23,24)25)9-32-19-14(8-29-32)17(30-20(28)31-19)12-4-10(7-26)5-13(6-12)18(27)33/h1-6,8H,9H2,(H2,27,33)(H2,28,30,31). The Kier molecular flexibility index (Phi) is 5.17. The highest BCUT2D eigenvalue weighted by molar-refractivity contribution is 5.97. The van der Waals surface area contributed by atoms with Crippen LogP contribution in [-0.2, 0) is 12.7 Å². The molecule has 0 spiro atoms. The number of primary amides is 1. The summed E-state index contributed by atoms with van der Waals surface area (Å²) in [5.74, 6) is -2.38. The minimum absolute atomic E-state index is 0.0628. The van der Waals surface area contributed by atoms with Gasteiger partial charge in [0.2, 0.25) is 11.9 Å². The second-order valence-electron chi connectivity index (χ2n) is 7.02. The highest BCUT2D eigenvalue weighted by atomic mass is 19.4. The molecule has 4 N–H and O–H groups in total. The van der Waals surface area contributed by atoms with Crippen molar-refractivity contribution in [3.05, 3.63) is 70.7 Å². The summed E-state index contributed by atoms with van der Waals surface area (Å²) in [6.07, 6.45) is -3.52. The van der Waals surface area contributed by atoms with Crippen molar-refractivity contribution >= 4 is 22.9 Å². The summed E-state index contributed by atoms with van der Waals surface area (Å²) >= 11 is 0. The molecule has 2 heterocycles. The Morgan fingerprint density at radius 1 is 1.18 bits per heavy atom. The molecule has 0 fully saturated rings. The van der Waals surface area contributed by atoms with Gasteiger partial charge in [-0.3, -0.25) is 4.79 Å². The molecule has 0 saturated heterocycles. The first kappa shape index (κ1) is 21.7. The highest BCUT2D eigenvalue weighted by Crippen LogP contribution is 2.33. The summed E-state index contributed by atoms with van der Waals surface area (Å²) in [6, 6.07) is 9.05. The van der Waals surface area contributed by atoms with E-state index in [0.717, 1.165) is 6.07 Å². The lowest BCUT2D eigenvalue weighted by atomic mass is 10.0. The minimum atomic E-state index is -4.85. The summed E-state index contributed by atoms with van der Waals surface area (Å²) in [7, 11) is 0. The first-order valence-corrected chi connectivity index (χ1v) is 9.27. The monoisotopic (exact) mass is 455 g/mol. The van der Waals surface area contributed by atoms with Crippen molar-refractivity contribution in [1.29, 1.82) is 5.26 Å². The molecule has 2 aromatic heterocycles. The largest absolute Gasteiger partial charge is 0.419 e. The van der Waals surface area contributed by atoms with Crippen molar-refractivity contribution in [3.8, 4) is 17.3 Å². The van der Waals surface area contributed by atoms with E-state index in [1.807, 2.05) is 6.07 Å². The van der Waals surface area contributed by atoms with Gasteiger partial charge in [-0.25, -0.2) is 14.1 Å². The number of aromatic nitrogens is 4. The topological polar surface area (TPSA) is 136 Å². The van der Waals surface area contributed by atoms with E-state index in [-0.39, 0.29) is 40.5 Å². The van der Waals surface area contributed by atoms with Gasteiger partial charge in [0, 0.05) is 16.7 Å². The number of anilines is 1. The maximum Gasteiger partial charge on any atom is 0.419 e. The number of amides is 1. The fourth-order valence-electron chi connectivity index (χ4n) is 3.36. The van der Waals surface area contributed by atoms with Crippen LogP contribution >= 0.6 is 0 Å².